The van der Waals surface area contributed by atoms with Crippen LogP contribution < -0.4 is 5.32 Å². The third-order valence-corrected chi connectivity index (χ3v) is 4.04. The van der Waals surface area contributed by atoms with Crippen LogP contribution in [0.2, 0.25) is 0 Å². The Balaban J connectivity index is 1.70. The highest BCUT2D eigenvalue weighted by Crippen LogP contribution is 2.17. The fourth-order valence-electron chi connectivity index (χ4n) is 2.85. The molecule has 1 aliphatic rings. The number of aromatic nitrogens is 2. The van der Waals surface area contributed by atoms with Crippen LogP contribution in [-0.2, 0) is 6.54 Å². The zero-order chi connectivity index (χ0) is 12.8. The summed E-state index contributed by atoms with van der Waals surface area (Å²) in [6, 6.07) is 0.763. The minimum absolute atomic E-state index is 0.668. The smallest absolute Gasteiger partial charge is 0.105 e. The Labute approximate surface area is 111 Å². The van der Waals surface area contributed by atoms with Crippen molar-refractivity contribution in [2.24, 2.45) is 5.92 Å². The van der Waals surface area contributed by atoms with Crippen LogP contribution in [0.3, 0.4) is 0 Å². The van der Waals surface area contributed by atoms with Gasteiger partial charge in [-0.05, 0) is 32.2 Å². The minimum Gasteiger partial charge on any atom is -0.335 e. The van der Waals surface area contributed by atoms with Crippen LogP contribution in [0.4, 0.5) is 0 Å². The highest BCUT2D eigenvalue weighted by atomic mass is 15.1. The zero-order valence-electron chi connectivity index (χ0n) is 11.9. The third-order valence-electron chi connectivity index (χ3n) is 4.04. The molecule has 1 aromatic heterocycles. The molecule has 3 nitrogen and oxygen atoms in total. The van der Waals surface area contributed by atoms with E-state index in [9.17, 15) is 0 Å². The van der Waals surface area contributed by atoms with Gasteiger partial charge in [-0.3, -0.25) is 0 Å². The van der Waals surface area contributed by atoms with Gasteiger partial charge >= 0.3 is 0 Å². The van der Waals surface area contributed by atoms with Crippen LogP contribution >= 0.6 is 0 Å². The second-order valence-electron chi connectivity index (χ2n) is 5.83. The Kier molecular flexibility index (Phi) is 5.24. The van der Waals surface area contributed by atoms with E-state index in [-0.39, 0.29) is 0 Å². The Hall–Kier alpha value is -0.830. The largest absolute Gasteiger partial charge is 0.335 e. The summed E-state index contributed by atoms with van der Waals surface area (Å²) in [5, 5.41) is 3.76. The monoisotopic (exact) mass is 249 g/mol. The van der Waals surface area contributed by atoms with Gasteiger partial charge < -0.3 is 9.88 Å². The van der Waals surface area contributed by atoms with Gasteiger partial charge in [-0.1, -0.05) is 32.6 Å². The van der Waals surface area contributed by atoms with Gasteiger partial charge in [0, 0.05) is 25.0 Å². The summed E-state index contributed by atoms with van der Waals surface area (Å²) in [5.74, 6) is 1.79. The molecule has 0 radical (unpaired) electrons. The van der Waals surface area contributed by atoms with Crippen LogP contribution in [0, 0.1) is 12.8 Å². The lowest BCUT2D eigenvalue weighted by molar-refractivity contribution is 0.383. The van der Waals surface area contributed by atoms with Crippen LogP contribution in [0.1, 0.15) is 51.3 Å². The molecule has 1 atom stereocenters. The molecule has 1 unspecified atom stereocenters. The van der Waals surface area contributed by atoms with Crippen molar-refractivity contribution in [3.63, 3.8) is 0 Å². The average Bonchev–Trinajstić information content (AvgIpc) is 2.63. The number of rotatable bonds is 5. The van der Waals surface area contributed by atoms with E-state index >= 15 is 0 Å². The van der Waals surface area contributed by atoms with Crippen molar-refractivity contribution in [1.82, 2.24) is 14.9 Å². The van der Waals surface area contributed by atoms with Crippen LogP contribution in [0.5, 0.6) is 0 Å². The topological polar surface area (TPSA) is 29.9 Å². The highest BCUT2D eigenvalue weighted by molar-refractivity contribution is 4.88. The minimum atomic E-state index is 0.668. The number of nitrogens with one attached hydrogen (secondary N) is 1. The first-order valence-corrected chi connectivity index (χ1v) is 7.47. The molecule has 0 amide bonds. The molecule has 0 bridgehead atoms. The quantitative estimate of drug-likeness (QED) is 0.812. The van der Waals surface area contributed by atoms with E-state index in [0.717, 1.165) is 25.0 Å². The van der Waals surface area contributed by atoms with Gasteiger partial charge in [-0.25, -0.2) is 4.98 Å². The SMILES string of the molecule is Cc1nccn1CC(C)CNC1CCCCCC1. The molecule has 0 spiro atoms. The maximum Gasteiger partial charge on any atom is 0.105 e. The second kappa shape index (κ2) is 6.93. The predicted octanol–water partition coefficient (Wildman–Crippen LogP) is 3.14. The van der Waals surface area contributed by atoms with Gasteiger partial charge in [0.1, 0.15) is 5.82 Å². The first kappa shape index (κ1) is 13.6. The number of aryl methyl sites for hydroxylation is 1. The van der Waals surface area contributed by atoms with Crippen molar-refractivity contribution in [1.29, 1.82) is 0 Å². The maximum absolute atomic E-state index is 4.27. The van der Waals surface area contributed by atoms with Crippen molar-refractivity contribution in [3.05, 3.63) is 18.2 Å². The van der Waals surface area contributed by atoms with Gasteiger partial charge in [0.15, 0.2) is 0 Å². The summed E-state index contributed by atoms with van der Waals surface area (Å²) < 4.78 is 2.25. The predicted molar refractivity (Wildman–Crippen MR) is 75.6 cm³/mol. The third kappa shape index (κ3) is 4.13. The molecule has 3 heteroatoms. The molecule has 1 N–H and O–H groups in total. The normalized spacial score (nSPS) is 19.7. The lowest BCUT2D eigenvalue weighted by Gasteiger charge is -2.20. The van der Waals surface area contributed by atoms with Crippen molar-refractivity contribution >= 4 is 0 Å². The summed E-state index contributed by atoms with van der Waals surface area (Å²) in [7, 11) is 0. The molecule has 1 aliphatic carbocycles. The van der Waals surface area contributed by atoms with Gasteiger partial charge in [0.25, 0.3) is 0 Å². The van der Waals surface area contributed by atoms with Crippen molar-refractivity contribution in [2.75, 3.05) is 6.54 Å². The van der Waals surface area contributed by atoms with Crippen LogP contribution in [0.25, 0.3) is 0 Å². The Bertz CT molecular complexity index is 337. The summed E-state index contributed by atoms with van der Waals surface area (Å²) in [5.41, 5.74) is 0. The van der Waals surface area contributed by atoms with E-state index in [1.165, 1.54) is 38.5 Å². The summed E-state index contributed by atoms with van der Waals surface area (Å²) in [4.78, 5) is 4.27. The number of hydrogen-bond acceptors (Lipinski definition) is 2. The van der Waals surface area contributed by atoms with Crippen molar-refractivity contribution in [2.45, 2.75) is 65.0 Å². The van der Waals surface area contributed by atoms with Crippen molar-refractivity contribution in [3.8, 4) is 0 Å². The Morgan fingerprint density at radius 3 is 2.67 bits per heavy atom. The number of imidazole rings is 1. The molecule has 2 rings (SSSR count). The fraction of sp³-hybridized carbons (Fsp3) is 0.800. The molecule has 1 saturated carbocycles. The van der Waals surface area contributed by atoms with E-state index in [1.54, 1.807) is 0 Å². The molecule has 0 saturated heterocycles. The van der Waals surface area contributed by atoms with E-state index in [1.807, 2.05) is 6.20 Å². The highest BCUT2D eigenvalue weighted by Gasteiger charge is 2.13. The fourth-order valence-corrected chi connectivity index (χ4v) is 2.85. The van der Waals surface area contributed by atoms with E-state index in [4.69, 9.17) is 0 Å². The molecule has 18 heavy (non-hydrogen) atoms. The lowest BCUT2D eigenvalue weighted by atomic mass is 10.1. The number of nitrogens with zero attached hydrogens (tertiary/aromatic N) is 2. The van der Waals surface area contributed by atoms with Crippen molar-refractivity contribution < 1.29 is 0 Å². The summed E-state index contributed by atoms with van der Waals surface area (Å²) in [6.07, 6.45) is 12.4. The van der Waals surface area contributed by atoms with Gasteiger partial charge in [-0.2, -0.15) is 0 Å². The molecule has 0 aliphatic heterocycles. The molecular formula is C15H27N3. The Morgan fingerprint density at radius 1 is 1.33 bits per heavy atom. The number of hydrogen-bond donors (Lipinski definition) is 1. The zero-order valence-corrected chi connectivity index (χ0v) is 11.9. The molecule has 1 heterocycles. The average molecular weight is 249 g/mol. The maximum atomic E-state index is 4.27. The first-order valence-electron chi connectivity index (χ1n) is 7.47. The Morgan fingerprint density at radius 2 is 2.06 bits per heavy atom. The van der Waals surface area contributed by atoms with Gasteiger partial charge in [-0.15, -0.1) is 0 Å². The molecule has 0 aromatic carbocycles. The summed E-state index contributed by atoms with van der Waals surface area (Å²) in [6.45, 7) is 6.60. The standard InChI is InChI=1S/C15H27N3/c1-13(12-18-10-9-16-14(18)2)11-17-15-7-5-3-4-6-8-15/h9-10,13,15,17H,3-8,11-12H2,1-2H3. The molecule has 102 valence electrons. The lowest BCUT2D eigenvalue weighted by Crippen LogP contribution is -2.33. The summed E-state index contributed by atoms with van der Waals surface area (Å²) >= 11 is 0. The molecule has 1 aromatic rings. The van der Waals surface area contributed by atoms with E-state index in [2.05, 4.69) is 34.9 Å². The second-order valence-corrected chi connectivity index (χ2v) is 5.83. The van der Waals surface area contributed by atoms with Crippen LogP contribution in [-0.4, -0.2) is 22.1 Å². The first-order chi connectivity index (χ1) is 8.75. The van der Waals surface area contributed by atoms with E-state index in [0.29, 0.717) is 5.92 Å². The van der Waals surface area contributed by atoms with E-state index < -0.39 is 0 Å². The molecular weight excluding hydrogens is 222 g/mol. The molecule has 1 fully saturated rings. The van der Waals surface area contributed by atoms with Gasteiger partial charge in [0.2, 0.25) is 0 Å². The van der Waals surface area contributed by atoms with Crippen LogP contribution in [0.15, 0.2) is 12.4 Å². The van der Waals surface area contributed by atoms with Gasteiger partial charge in [0.05, 0.1) is 0 Å².